The molecule has 1 aliphatic rings. The van der Waals surface area contributed by atoms with E-state index >= 15 is 0 Å². The molecule has 0 saturated carbocycles. The second-order valence-corrected chi connectivity index (χ2v) is 9.47. The van der Waals surface area contributed by atoms with E-state index in [1.807, 2.05) is 24.3 Å². The van der Waals surface area contributed by atoms with E-state index in [0.29, 0.717) is 11.6 Å². The van der Waals surface area contributed by atoms with Gasteiger partial charge in [-0.1, -0.05) is 24.3 Å². The minimum atomic E-state index is -1.37. The van der Waals surface area contributed by atoms with Gasteiger partial charge in [0.25, 0.3) is 5.91 Å². The number of aliphatic hydroxyl groups excluding tert-OH is 2. The topological polar surface area (TPSA) is 149 Å². The minimum absolute atomic E-state index is 0.209. The van der Waals surface area contributed by atoms with Crippen LogP contribution < -0.4 is 5.32 Å². The van der Waals surface area contributed by atoms with Gasteiger partial charge in [-0.2, -0.15) is 0 Å². The van der Waals surface area contributed by atoms with Crippen LogP contribution >= 0.6 is 0 Å². The third kappa shape index (κ3) is 6.73. The van der Waals surface area contributed by atoms with Crippen LogP contribution in [0.3, 0.4) is 0 Å². The van der Waals surface area contributed by atoms with Crippen LogP contribution in [0, 0.1) is 6.92 Å². The number of aryl methyl sites for hydroxylation is 1. The Hall–Kier alpha value is -2.57. The summed E-state index contributed by atoms with van der Waals surface area (Å²) in [5.74, 6) is 0.403. The fourth-order valence-electron chi connectivity index (χ4n) is 3.42. The molecule has 3 N–H and O–H groups in total. The molecule has 0 spiro atoms. The Kier molecular flexibility index (Phi) is 8.26. The molecule has 0 aliphatic carbocycles. The predicted octanol–water partition coefficient (Wildman–Crippen LogP) is 0.914. The Morgan fingerprint density at radius 1 is 1.09 bits per heavy atom. The fraction of sp³-hybridized carbons (Fsp3) is 0.609. The number of hydrogen-bond acceptors (Lipinski definition) is 10. The lowest BCUT2D eigenvalue weighted by molar-refractivity contribution is -0.313. The molecule has 3 rings (SSSR count). The quantitative estimate of drug-likeness (QED) is 0.527. The van der Waals surface area contributed by atoms with Gasteiger partial charge in [0.05, 0.1) is 11.7 Å². The molecule has 186 valence electrons. The average Bonchev–Trinajstić information content (AvgIpc) is 2.77. The molecule has 1 aromatic heterocycles. The van der Waals surface area contributed by atoms with Gasteiger partial charge in [-0.05, 0) is 47.1 Å². The first-order valence-corrected chi connectivity index (χ1v) is 11.2. The van der Waals surface area contributed by atoms with E-state index in [4.69, 9.17) is 14.2 Å². The lowest BCUT2D eigenvalue weighted by Crippen LogP contribution is -2.64. The molecule has 11 heteroatoms. The zero-order valence-corrected chi connectivity index (χ0v) is 20.3. The van der Waals surface area contributed by atoms with Gasteiger partial charge >= 0.3 is 0 Å². The molecule has 11 nitrogen and oxygen atoms in total. The van der Waals surface area contributed by atoms with Crippen LogP contribution in [0.1, 0.15) is 46.0 Å². The molecule has 1 amide bonds. The fourth-order valence-corrected chi connectivity index (χ4v) is 3.42. The van der Waals surface area contributed by atoms with E-state index in [9.17, 15) is 15.0 Å². The Morgan fingerprint density at radius 2 is 1.71 bits per heavy atom. The Balaban J connectivity index is 1.70. The van der Waals surface area contributed by atoms with E-state index in [1.165, 1.54) is 0 Å². The first kappa shape index (κ1) is 26.0. The summed E-state index contributed by atoms with van der Waals surface area (Å²) in [6, 6.07) is 7.27. The maximum atomic E-state index is 13.1. The molecule has 2 aromatic rings. The van der Waals surface area contributed by atoms with E-state index in [-0.39, 0.29) is 12.6 Å². The van der Waals surface area contributed by atoms with Gasteiger partial charge in [0.1, 0.15) is 18.3 Å². The van der Waals surface area contributed by atoms with Crippen LogP contribution in [-0.2, 0) is 25.5 Å². The van der Waals surface area contributed by atoms with E-state index in [2.05, 4.69) is 25.7 Å². The van der Waals surface area contributed by atoms with Crippen molar-refractivity contribution in [2.45, 2.75) is 90.5 Å². The lowest BCUT2D eigenvalue weighted by atomic mass is 9.96. The summed E-state index contributed by atoms with van der Waals surface area (Å²) in [6.45, 7) is 10.8. The molecular formula is C23H33N5O6. The highest BCUT2D eigenvalue weighted by molar-refractivity contribution is 5.81. The number of benzene rings is 1. The van der Waals surface area contributed by atoms with Crippen molar-refractivity contribution in [1.29, 1.82) is 0 Å². The monoisotopic (exact) mass is 475 g/mol. The number of rotatable bonds is 7. The van der Waals surface area contributed by atoms with Gasteiger partial charge in [-0.15, -0.1) is 20.4 Å². The van der Waals surface area contributed by atoms with Crippen molar-refractivity contribution in [2.75, 3.05) is 0 Å². The molecular weight excluding hydrogens is 442 g/mol. The molecule has 1 saturated heterocycles. The number of carbonyl (C=O) groups excluding carboxylic acids is 1. The van der Waals surface area contributed by atoms with E-state index in [0.717, 1.165) is 11.1 Å². The number of hydrogen-bond donors (Lipinski definition) is 3. The van der Waals surface area contributed by atoms with Crippen molar-refractivity contribution < 1.29 is 29.2 Å². The number of aromatic nitrogens is 4. The highest BCUT2D eigenvalue weighted by atomic mass is 16.7. The summed E-state index contributed by atoms with van der Waals surface area (Å²) in [6.07, 6.45) is -6.44. The first-order chi connectivity index (χ1) is 15.9. The average molecular weight is 476 g/mol. The molecule has 3 unspecified atom stereocenters. The van der Waals surface area contributed by atoms with Crippen molar-refractivity contribution in [1.82, 2.24) is 25.7 Å². The zero-order chi connectivity index (χ0) is 25.0. The first-order valence-electron chi connectivity index (χ1n) is 11.2. The van der Waals surface area contributed by atoms with Gasteiger partial charge in [-0.3, -0.25) is 4.79 Å². The maximum Gasteiger partial charge on any atom is 0.252 e. The molecule has 5 atom stereocenters. The second kappa shape index (κ2) is 10.8. The van der Waals surface area contributed by atoms with Gasteiger partial charge in [0.15, 0.2) is 18.2 Å². The number of carbonyl (C=O) groups is 1. The van der Waals surface area contributed by atoms with Crippen molar-refractivity contribution in [2.24, 2.45) is 0 Å². The standard InChI is InChI=1S/C23H33N5O6/c1-12(2)32-22-17(30)16(29)18(34-23(4,5)6)19(33-22)21(31)24-11-14-7-9-15(10-8-14)20-27-25-13(3)26-28-20/h7-10,12,16-19,22,29-30H,11H2,1-6H3,(H,24,31)/t16?,17?,18-,19?,22+/m0/s1. The SMILES string of the molecule is Cc1nnc(-c2ccc(CNC(=O)C3O[C@@H](OC(C)C)C(O)C(O)[C@@H]3OC(C)(C)C)cc2)nn1. The maximum absolute atomic E-state index is 13.1. The summed E-state index contributed by atoms with van der Waals surface area (Å²) in [5.41, 5.74) is 0.885. The minimum Gasteiger partial charge on any atom is -0.387 e. The molecule has 1 aromatic carbocycles. The van der Waals surface area contributed by atoms with Crippen LogP contribution in [0.15, 0.2) is 24.3 Å². The number of aliphatic hydroxyl groups is 2. The van der Waals surface area contributed by atoms with Gasteiger partial charge in [0.2, 0.25) is 5.82 Å². The number of ether oxygens (including phenoxy) is 3. The summed E-state index contributed by atoms with van der Waals surface area (Å²) in [5, 5.41) is 39.8. The van der Waals surface area contributed by atoms with E-state index in [1.54, 1.807) is 41.5 Å². The van der Waals surface area contributed by atoms with E-state index < -0.39 is 42.2 Å². The predicted molar refractivity (Wildman–Crippen MR) is 121 cm³/mol. The van der Waals surface area contributed by atoms with Crippen LogP contribution in [0.5, 0.6) is 0 Å². The molecule has 2 heterocycles. The molecule has 1 aliphatic heterocycles. The summed E-state index contributed by atoms with van der Waals surface area (Å²) >= 11 is 0. The smallest absolute Gasteiger partial charge is 0.252 e. The lowest BCUT2D eigenvalue weighted by Gasteiger charge is -2.44. The van der Waals surface area contributed by atoms with Crippen LogP contribution in [-0.4, -0.2) is 78.9 Å². The molecule has 0 bridgehead atoms. The largest absolute Gasteiger partial charge is 0.387 e. The van der Waals surface area contributed by atoms with Crippen molar-refractivity contribution in [3.8, 4) is 11.4 Å². The Morgan fingerprint density at radius 3 is 2.26 bits per heavy atom. The van der Waals surface area contributed by atoms with Crippen LogP contribution in [0.25, 0.3) is 11.4 Å². The Bertz CT molecular complexity index is 948. The van der Waals surface area contributed by atoms with Gasteiger partial charge in [0, 0.05) is 12.1 Å². The zero-order valence-electron chi connectivity index (χ0n) is 20.3. The highest BCUT2D eigenvalue weighted by Gasteiger charge is 2.50. The van der Waals surface area contributed by atoms with Crippen LogP contribution in [0.4, 0.5) is 0 Å². The molecule has 1 fully saturated rings. The number of nitrogens with zero attached hydrogens (tertiary/aromatic N) is 4. The summed E-state index contributed by atoms with van der Waals surface area (Å²) < 4.78 is 17.2. The summed E-state index contributed by atoms with van der Waals surface area (Å²) in [7, 11) is 0. The van der Waals surface area contributed by atoms with Crippen LogP contribution in [0.2, 0.25) is 0 Å². The van der Waals surface area contributed by atoms with Crippen molar-refractivity contribution in [3.63, 3.8) is 0 Å². The second-order valence-electron chi connectivity index (χ2n) is 9.47. The molecule has 34 heavy (non-hydrogen) atoms. The third-order valence-corrected chi connectivity index (χ3v) is 4.96. The van der Waals surface area contributed by atoms with Crippen molar-refractivity contribution >= 4 is 5.91 Å². The third-order valence-electron chi connectivity index (χ3n) is 4.96. The van der Waals surface area contributed by atoms with Crippen molar-refractivity contribution in [3.05, 3.63) is 35.7 Å². The highest BCUT2D eigenvalue weighted by Crippen LogP contribution is 2.28. The number of nitrogens with one attached hydrogen (secondary N) is 1. The normalized spacial score (nSPS) is 25.4. The van der Waals surface area contributed by atoms with Gasteiger partial charge in [-0.25, -0.2) is 0 Å². The number of amides is 1. The van der Waals surface area contributed by atoms with Gasteiger partial charge < -0.3 is 29.7 Å². The Labute approximate surface area is 198 Å². The summed E-state index contributed by atoms with van der Waals surface area (Å²) in [4.78, 5) is 13.1. The molecule has 0 radical (unpaired) electrons.